The predicted molar refractivity (Wildman–Crippen MR) is 83.7 cm³/mol. The Hall–Kier alpha value is -1.81. The number of carbonyl (C=O) groups is 1. The Morgan fingerprint density at radius 2 is 2.14 bits per heavy atom. The van der Waals surface area contributed by atoms with Crippen LogP contribution in [0.15, 0.2) is 28.8 Å². The summed E-state index contributed by atoms with van der Waals surface area (Å²) in [6, 6.07) is 7.54. The fourth-order valence-corrected chi connectivity index (χ4v) is 3.30. The standard InChI is InChI=1S/C17H18ClNO3/c1-3-17(16(20)21-2)9-8-13-14(10-17)22-19-15(13)11-4-6-12(18)7-5-11/h4-7H,3,8-10H2,1-2H3. The molecule has 0 fully saturated rings. The minimum atomic E-state index is -0.488. The normalized spacial score (nSPS) is 20.5. The number of nitrogens with zero attached hydrogens (tertiary/aromatic N) is 1. The molecule has 1 unspecified atom stereocenters. The van der Waals surface area contributed by atoms with Crippen LogP contribution in [0.2, 0.25) is 5.02 Å². The first kappa shape index (κ1) is 15.1. The predicted octanol–water partition coefficient (Wildman–Crippen LogP) is 4.05. The SMILES string of the molecule is CCC1(C(=O)OC)CCc2c(-c3ccc(Cl)cc3)noc2C1. The lowest BCUT2D eigenvalue weighted by Gasteiger charge is -2.32. The number of hydrogen-bond donors (Lipinski definition) is 0. The van der Waals surface area contributed by atoms with Gasteiger partial charge in [0.25, 0.3) is 0 Å². The average Bonchev–Trinajstić information content (AvgIpc) is 2.97. The first-order valence-electron chi connectivity index (χ1n) is 7.41. The number of benzene rings is 1. The van der Waals surface area contributed by atoms with Crippen molar-refractivity contribution in [3.8, 4) is 11.3 Å². The Bertz CT molecular complexity index is 692. The Morgan fingerprint density at radius 3 is 2.77 bits per heavy atom. The van der Waals surface area contributed by atoms with Gasteiger partial charge in [0.15, 0.2) is 0 Å². The van der Waals surface area contributed by atoms with Crippen LogP contribution < -0.4 is 0 Å². The van der Waals surface area contributed by atoms with Crippen molar-refractivity contribution in [2.45, 2.75) is 32.6 Å². The molecule has 1 atom stereocenters. The van der Waals surface area contributed by atoms with Crippen molar-refractivity contribution >= 4 is 17.6 Å². The molecule has 1 heterocycles. The third kappa shape index (κ3) is 2.41. The first-order chi connectivity index (χ1) is 10.6. The van der Waals surface area contributed by atoms with Gasteiger partial charge in [0.05, 0.1) is 12.5 Å². The summed E-state index contributed by atoms with van der Waals surface area (Å²) in [5, 5.41) is 4.90. The van der Waals surface area contributed by atoms with Crippen LogP contribution in [0.25, 0.3) is 11.3 Å². The monoisotopic (exact) mass is 319 g/mol. The third-order valence-electron chi connectivity index (χ3n) is 4.63. The molecule has 22 heavy (non-hydrogen) atoms. The summed E-state index contributed by atoms with van der Waals surface area (Å²) in [6.45, 7) is 2.01. The molecule has 0 saturated heterocycles. The highest BCUT2D eigenvalue weighted by Crippen LogP contribution is 2.42. The lowest BCUT2D eigenvalue weighted by atomic mass is 9.71. The Kier molecular flexibility index (Phi) is 3.96. The van der Waals surface area contributed by atoms with Gasteiger partial charge < -0.3 is 9.26 Å². The summed E-state index contributed by atoms with van der Waals surface area (Å²) < 4.78 is 10.5. The van der Waals surface area contributed by atoms with E-state index >= 15 is 0 Å². The Balaban J connectivity index is 1.95. The summed E-state index contributed by atoms with van der Waals surface area (Å²) in [6.07, 6.45) is 2.80. The van der Waals surface area contributed by atoms with Gasteiger partial charge >= 0.3 is 5.97 Å². The van der Waals surface area contributed by atoms with Crippen LogP contribution in [0.1, 0.15) is 31.1 Å². The van der Waals surface area contributed by atoms with Crippen molar-refractivity contribution in [3.05, 3.63) is 40.6 Å². The van der Waals surface area contributed by atoms with Crippen molar-refractivity contribution in [2.24, 2.45) is 5.41 Å². The van der Waals surface area contributed by atoms with Gasteiger partial charge in [0.2, 0.25) is 0 Å². The zero-order chi connectivity index (χ0) is 15.7. The van der Waals surface area contributed by atoms with Gasteiger partial charge in [-0.2, -0.15) is 0 Å². The smallest absolute Gasteiger partial charge is 0.312 e. The molecular weight excluding hydrogens is 302 g/mol. The number of hydrogen-bond acceptors (Lipinski definition) is 4. The number of rotatable bonds is 3. The van der Waals surface area contributed by atoms with E-state index in [0.29, 0.717) is 11.4 Å². The van der Waals surface area contributed by atoms with Gasteiger partial charge in [0, 0.05) is 22.6 Å². The van der Waals surface area contributed by atoms with Crippen LogP contribution in [-0.2, 0) is 22.4 Å². The first-order valence-corrected chi connectivity index (χ1v) is 7.79. The quantitative estimate of drug-likeness (QED) is 0.801. The van der Waals surface area contributed by atoms with Gasteiger partial charge in [-0.05, 0) is 31.4 Å². The molecule has 1 aromatic carbocycles. The highest BCUT2D eigenvalue weighted by Gasteiger charge is 2.43. The zero-order valence-electron chi connectivity index (χ0n) is 12.7. The van der Waals surface area contributed by atoms with E-state index in [0.717, 1.165) is 41.8 Å². The summed E-state index contributed by atoms with van der Waals surface area (Å²) >= 11 is 5.93. The zero-order valence-corrected chi connectivity index (χ0v) is 13.4. The van der Waals surface area contributed by atoms with Gasteiger partial charge in [-0.3, -0.25) is 4.79 Å². The van der Waals surface area contributed by atoms with E-state index in [1.807, 2.05) is 31.2 Å². The van der Waals surface area contributed by atoms with Crippen LogP contribution in [-0.4, -0.2) is 18.2 Å². The summed E-state index contributed by atoms with van der Waals surface area (Å²) in [4.78, 5) is 12.1. The molecule has 0 aliphatic heterocycles. The maximum atomic E-state index is 12.1. The Morgan fingerprint density at radius 1 is 1.41 bits per heavy atom. The van der Waals surface area contributed by atoms with E-state index in [2.05, 4.69) is 5.16 Å². The second kappa shape index (κ2) is 5.76. The minimum Gasteiger partial charge on any atom is -0.469 e. The molecule has 4 nitrogen and oxygen atoms in total. The van der Waals surface area contributed by atoms with Gasteiger partial charge in [-0.1, -0.05) is 35.8 Å². The molecule has 116 valence electrons. The molecule has 3 rings (SSSR count). The molecule has 0 N–H and O–H groups in total. The second-order valence-electron chi connectivity index (χ2n) is 5.74. The molecule has 1 aliphatic carbocycles. The number of fused-ring (bicyclic) bond motifs is 1. The highest BCUT2D eigenvalue weighted by atomic mass is 35.5. The van der Waals surface area contributed by atoms with E-state index in [9.17, 15) is 4.79 Å². The van der Waals surface area contributed by atoms with Crippen LogP contribution >= 0.6 is 11.6 Å². The van der Waals surface area contributed by atoms with Gasteiger partial charge in [-0.25, -0.2) is 0 Å². The molecular formula is C17H18ClNO3. The van der Waals surface area contributed by atoms with Crippen molar-refractivity contribution in [2.75, 3.05) is 7.11 Å². The molecule has 0 amide bonds. The van der Waals surface area contributed by atoms with Crippen molar-refractivity contribution < 1.29 is 14.1 Å². The molecule has 0 saturated carbocycles. The largest absolute Gasteiger partial charge is 0.469 e. The van der Waals surface area contributed by atoms with Crippen LogP contribution in [0.5, 0.6) is 0 Å². The number of esters is 1. The Labute approximate surface area is 134 Å². The van der Waals surface area contributed by atoms with E-state index in [1.54, 1.807) is 0 Å². The molecule has 5 heteroatoms. The number of methoxy groups -OCH3 is 1. The number of carbonyl (C=O) groups excluding carboxylic acids is 1. The van der Waals surface area contributed by atoms with Crippen LogP contribution in [0, 0.1) is 5.41 Å². The van der Waals surface area contributed by atoms with E-state index in [-0.39, 0.29) is 5.97 Å². The van der Waals surface area contributed by atoms with E-state index in [4.69, 9.17) is 20.9 Å². The van der Waals surface area contributed by atoms with Gasteiger partial charge in [0.1, 0.15) is 11.5 Å². The second-order valence-corrected chi connectivity index (χ2v) is 6.18. The van der Waals surface area contributed by atoms with Crippen LogP contribution in [0.4, 0.5) is 0 Å². The molecule has 2 aromatic rings. The summed E-state index contributed by atoms with van der Waals surface area (Å²) in [5.41, 5.74) is 2.44. The summed E-state index contributed by atoms with van der Waals surface area (Å²) in [5.74, 6) is 0.633. The van der Waals surface area contributed by atoms with Crippen molar-refractivity contribution in [3.63, 3.8) is 0 Å². The lowest BCUT2D eigenvalue weighted by Crippen LogP contribution is -2.37. The van der Waals surface area contributed by atoms with Crippen molar-refractivity contribution in [1.29, 1.82) is 0 Å². The molecule has 0 spiro atoms. The third-order valence-corrected chi connectivity index (χ3v) is 4.89. The number of halogens is 1. The lowest BCUT2D eigenvalue weighted by molar-refractivity contribution is -0.154. The van der Waals surface area contributed by atoms with Gasteiger partial charge in [-0.15, -0.1) is 0 Å². The van der Waals surface area contributed by atoms with E-state index in [1.165, 1.54) is 7.11 Å². The van der Waals surface area contributed by atoms with Crippen LogP contribution in [0.3, 0.4) is 0 Å². The minimum absolute atomic E-state index is 0.162. The topological polar surface area (TPSA) is 52.3 Å². The molecule has 1 aromatic heterocycles. The maximum absolute atomic E-state index is 12.1. The fraction of sp³-hybridized carbons (Fsp3) is 0.412. The fourth-order valence-electron chi connectivity index (χ4n) is 3.17. The van der Waals surface area contributed by atoms with Crippen molar-refractivity contribution in [1.82, 2.24) is 5.16 Å². The maximum Gasteiger partial charge on any atom is 0.312 e. The molecule has 1 aliphatic rings. The highest BCUT2D eigenvalue weighted by molar-refractivity contribution is 6.30. The number of ether oxygens (including phenoxy) is 1. The average molecular weight is 320 g/mol. The van der Waals surface area contributed by atoms with E-state index < -0.39 is 5.41 Å². The molecule has 0 radical (unpaired) electrons. The molecule has 0 bridgehead atoms. The summed E-state index contributed by atoms with van der Waals surface area (Å²) in [7, 11) is 1.44. The number of aromatic nitrogens is 1.